The molecular weight excluding hydrogens is 228 g/mol. The molecule has 1 amide bonds. The van der Waals surface area contributed by atoms with Gasteiger partial charge in [0.15, 0.2) is 0 Å². The molecule has 0 bridgehead atoms. The molecule has 1 N–H and O–H groups in total. The Balaban J connectivity index is 1.66. The lowest BCUT2D eigenvalue weighted by Crippen LogP contribution is -2.55. The summed E-state index contributed by atoms with van der Waals surface area (Å²) in [6, 6.07) is 0.464. The van der Waals surface area contributed by atoms with Crippen molar-refractivity contribution >= 4 is 5.91 Å². The molecule has 0 aromatic rings. The van der Waals surface area contributed by atoms with Crippen LogP contribution in [0.15, 0.2) is 0 Å². The van der Waals surface area contributed by atoms with Crippen molar-refractivity contribution in [3.63, 3.8) is 0 Å². The van der Waals surface area contributed by atoms with E-state index in [1.54, 1.807) is 0 Å². The summed E-state index contributed by atoms with van der Waals surface area (Å²) in [6.07, 6.45) is 2.24. The van der Waals surface area contributed by atoms with Gasteiger partial charge in [-0.3, -0.25) is 15.0 Å². The van der Waals surface area contributed by atoms with Crippen LogP contribution in [0, 0.1) is 0 Å². The minimum atomic E-state index is -0.168. The highest BCUT2D eigenvalue weighted by Gasteiger charge is 2.58. The summed E-state index contributed by atoms with van der Waals surface area (Å²) in [5.74, 6) is 0.330. The Morgan fingerprint density at radius 3 is 2.67 bits per heavy atom. The molecule has 1 spiro atoms. The number of rotatable bonds is 2. The third-order valence-corrected chi connectivity index (χ3v) is 4.76. The van der Waals surface area contributed by atoms with Crippen molar-refractivity contribution in [3.05, 3.63) is 0 Å². The summed E-state index contributed by atoms with van der Waals surface area (Å²) in [5, 5.41) is 3.46. The van der Waals surface area contributed by atoms with Crippen molar-refractivity contribution in [2.75, 3.05) is 40.3 Å². The maximum absolute atomic E-state index is 12.4. The summed E-state index contributed by atoms with van der Waals surface area (Å²) < 4.78 is 0. The predicted octanol–water partition coefficient (Wildman–Crippen LogP) is -0.457. The van der Waals surface area contributed by atoms with Crippen LogP contribution >= 0.6 is 0 Å². The molecule has 3 aliphatic rings. The molecule has 5 heteroatoms. The smallest absolute Gasteiger partial charge is 0.244 e. The van der Waals surface area contributed by atoms with Gasteiger partial charge in [-0.15, -0.1) is 0 Å². The molecule has 0 radical (unpaired) electrons. The highest BCUT2D eigenvalue weighted by atomic mass is 16.2. The van der Waals surface area contributed by atoms with Crippen molar-refractivity contribution in [1.82, 2.24) is 20.0 Å². The van der Waals surface area contributed by atoms with Gasteiger partial charge in [-0.25, -0.2) is 0 Å². The first-order chi connectivity index (χ1) is 8.52. The molecule has 0 aromatic carbocycles. The number of likely N-dealkylation sites (N-methyl/N-ethyl adjacent to an activating group) is 2. The van der Waals surface area contributed by atoms with Gasteiger partial charge in [-0.1, -0.05) is 0 Å². The largest absolute Gasteiger partial charge is 0.324 e. The summed E-state index contributed by atoms with van der Waals surface area (Å²) >= 11 is 0. The van der Waals surface area contributed by atoms with Crippen LogP contribution in [0.3, 0.4) is 0 Å². The van der Waals surface area contributed by atoms with E-state index in [2.05, 4.69) is 36.1 Å². The quantitative estimate of drug-likeness (QED) is 0.722. The Hall–Kier alpha value is -0.650. The Bertz CT molecular complexity index is 355. The van der Waals surface area contributed by atoms with Gasteiger partial charge >= 0.3 is 0 Å². The van der Waals surface area contributed by atoms with Gasteiger partial charge in [0.2, 0.25) is 5.91 Å². The third-order valence-electron chi connectivity index (χ3n) is 4.76. The van der Waals surface area contributed by atoms with Gasteiger partial charge in [0.05, 0.1) is 11.7 Å². The zero-order chi connectivity index (χ0) is 12.9. The van der Waals surface area contributed by atoms with E-state index in [9.17, 15) is 4.79 Å². The zero-order valence-electron chi connectivity index (χ0n) is 11.6. The molecular formula is C13H24N4O. The monoisotopic (exact) mass is 252 g/mol. The first-order valence-corrected chi connectivity index (χ1v) is 6.99. The molecule has 2 heterocycles. The summed E-state index contributed by atoms with van der Waals surface area (Å²) in [7, 11) is 4.33. The molecule has 3 rings (SSSR count). The van der Waals surface area contributed by atoms with E-state index in [1.807, 2.05) is 4.90 Å². The molecule has 3 fully saturated rings. The van der Waals surface area contributed by atoms with E-state index >= 15 is 0 Å². The predicted molar refractivity (Wildman–Crippen MR) is 70.2 cm³/mol. The van der Waals surface area contributed by atoms with Gasteiger partial charge in [-0.2, -0.15) is 0 Å². The van der Waals surface area contributed by atoms with E-state index in [1.165, 1.54) is 0 Å². The number of nitrogens with zero attached hydrogens (tertiary/aromatic N) is 3. The number of amides is 1. The van der Waals surface area contributed by atoms with Crippen molar-refractivity contribution in [3.8, 4) is 0 Å². The van der Waals surface area contributed by atoms with Crippen LogP contribution in [-0.2, 0) is 4.79 Å². The van der Waals surface area contributed by atoms with Crippen LogP contribution in [-0.4, -0.2) is 78.6 Å². The molecule has 2 atom stereocenters. The molecule has 0 aromatic heterocycles. The number of piperazine rings is 1. The van der Waals surface area contributed by atoms with Crippen LogP contribution in [0.5, 0.6) is 0 Å². The minimum Gasteiger partial charge on any atom is -0.324 e. The SMILES string of the molecule is CC1NC2(CC2)C(=O)N1CC1CN(C)CCN1C. The number of nitrogens with one attached hydrogen (secondary N) is 1. The third kappa shape index (κ3) is 1.94. The Morgan fingerprint density at radius 2 is 2.06 bits per heavy atom. The molecule has 1 aliphatic carbocycles. The van der Waals surface area contributed by atoms with Gasteiger partial charge < -0.3 is 9.80 Å². The molecule has 2 aliphatic heterocycles. The highest BCUT2D eigenvalue weighted by Crippen LogP contribution is 2.42. The maximum Gasteiger partial charge on any atom is 0.244 e. The fourth-order valence-corrected chi connectivity index (χ4v) is 3.24. The van der Waals surface area contributed by atoms with Crippen molar-refractivity contribution < 1.29 is 4.79 Å². The van der Waals surface area contributed by atoms with Crippen molar-refractivity contribution in [1.29, 1.82) is 0 Å². The molecule has 18 heavy (non-hydrogen) atoms. The number of carbonyl (C=O) groups excluding carboxylic acids is 1. The fourth-order valence-electron chi connectivity index (χ4n) is 3.24. The fraction of sp³-hybridized carbons (Fsp3) is 0.923. The topological polar surface area (TPSA) is 38.8 Å². The van der Waals surface area contributed by atoms with Crippen LogP contribution in [0.25, 0.3) is 0 Å². The second-order valence-electron chi connectivity index (χ2n) is 6.26. The van der Waals surface area contributed by atoms with Gasteiger partial charge in [0.1, 0.15) is 0 Å². The highest BCUT2D eigenvalue weighted by molar-refractivity contribution is 5.91. The van der Waals surface area contributed by atoms with Gasteiger partial charge in [0, 0.05) is 32.2 Å². The van der Waals surface area contributed by atoms with E-state index in [0.717, 1.165) is 39.0 Å². The van der Waals surface area contributed by atoms with Crippen LogP contribution in [0.1, 0.15) is 19.8 Å². The summed E-state index contributed by atoms with van der Waals surface area (Å²) in [5.41, 5.74) is -0.168. The summed E-state index contributed by atoms with van der Waals surface area (Å²) in [6.45, 7) is 6.24. The minimum absolute atomic E-state index is 0.168. The lowest BCUT2D eigenvalue weighted by Gasteiger charge is -2.40. The van der Waals surface area contributed by atoms with Gasteiger partial charge in [-0.05, 0) is 33.9 Å². The normalized spacial score (nSPS) is 36.6. The van der Waals surface area contributed by atoms with E-state index in [-0.39, 0.29) is 11.7 Å². The van der Waals surface area contributed by atoms with Crippen LogP contribution < -0.4 is 5.32 Å². The second kappa shape index (κ2) is 4.18. The lowest BCUT2D eigenvalue weighted by atomic mass is 10.1. The molecule has 1 saturated carbocycles. The molecule has 2 unspecified atom stereocenters. The van der Waals surface area contributed by atoms with Crippen LogP contribution in [0.4, 0.5) is 0 Å². The lowest BCUT2D eigenvalue weighted by molar-refractivity contribution is -0.131. The average Bonchev–Trinajstić information content (AvgIpc) is 3.05. The Morgan fingerprint density at radius 1 is 1.33 bits per heavy atom. The van der Waals surface area contributed by atoms with E-state index in [4.69, 9.17) is 0 Å². The first kappa shape index (κ1) is 12.4. The number of hydrogen-bond donors (Lipinski definition) is 1. The Labute approximate surface area is 109 Å². The van der Waals surface area contributed by atoms with Crippen molar-refractivity contribution in [2.45, 2.75) is 37.5 Å². The van der Waals surface area contributed by atoms with E-state index < -0.39 is 0 Å². The average molecular weight is 252 g/mol. The maximum atomic E-state index is 12.4. The first-order valence-electron chi connectivity index (χ1n) is 6.99. The Kier molecular flexibility index (Phi) is 2.88. The van der Waals surface area contributed by atoms with Crippen LogP contribution in [0.2, 0.25) is 0 Å². The van der Waals surface area contributed by atoms with Gasteiger partial charge in [0.25, 0.3) is 0 Å². The molecule has 102 valence electrons. The second-order valence-corrected chi connectivity index (χ2v) is 6.26. The number of hydrogen-bond acceptors (Lipinski definition) is 4. The molecule has 2 saturated heterocycles. The zero-order valence-corrected chi connectivity index (χ0v) is 11.6. The standard InChI is InChI=1S/C13H24N4O/c1-10-14-13(4-5-13)12(18)17(10)9-11-8-15(2)6-7-16(11)3/h10-11,14H,4-9H2,1-3H3. The number of carbonyl (C=O) groups is 1. The van der Waals surface area contributed by atoms with E-state index in [0.29, 0.717) is 11.9 Å². The summed E-state index contributed by atoms with van der Waals surface area (Å²) in [4.78, 5) is 19.2. The molecule has 5 nitrogen and oxygen atoms in total. The van der Waals surface area contributed by atoms with Crippen molar-refractivity contribution in [2.24, 2.45) is 0 Å².